The number of quaternary nitrogens is 1. The van der Waals surface area contributed by atoms with Crippen LogP contribution in [0.3, 0.4) is 0 Å². The Balaban J connectivity index is 1.41. The molecular formula is C18H25F3N3OS+. The number of ether oxygens (including phenoxy) is 1. The second kappa shape index (κ2) is 8.54. The van der Waals surface area contributed by atoms with Gasteiger partial charge < -0.3 is 19.9 Å². The predicted molar refractivity (Wildman–Crippen MR) is 97.0 cm³/mol. The Morgan fingerprint density at radius 2 is 1.92 bits per heavy atom. The van der Waals surface area contributed by atoms with E-state index in [2.05, 4.69) is 10.2 Å². The molecule has 2 N–H and O–H groups in total. The van der Waals surface area contributed by atoms with Crippen LogP contribution in [-0.4, -0.2) is 55.4 Å². The molecule has 2 aliphatic rings. The number of nitrogens with zero attached hydrogens (tertiary/aromatic N) is 1. The first-order chi connectivity index (χ1) is 12.4. The van der Waals surface area contributed by atoms with Crippen molar-refractivity contribution in [2.45, 2.75) is 31.7 Å². The molecule has 2 fully saturated rings. The normalized spacial score (nSPS) is 21.8. The molecule has 0 aromatic heterocycles. The van der Waals surface area contributed by atoms with Crippen LogP contribution in [0.25, 0.3) is 0 Å². The van der Waals surface area contributed by atoms with E-state index in [0.717, 1.165) is 81.5 Å². The molecule has 26 heavy (non-hydrogen) atoms. The minimum atomic E-state index is -4.27. The molecule has 0 bridgehead atoms. The molecular weight excluding hydrogens is 363 g/mol. The summed E-state index contributed by atoms with van der Waals surface area (Å²) in [5.74, 6) is 0. The zero-order valence-electron chi connectivity index (χ0n) is 14.6. The van der Waals surface area contributed by atoms with Gasteiger partial charge in [0.25, 0.3) is 0 Å². The van der Waals surface area contributed by atoms with Gasteiger partial charge in [-0.25, -0.2) is 0 Å². The van der Waals surface area contributed by atoms with E-state index >= 15 is 0 Å². The van der Waals surface area contributed by atoms with E-state index in [0.29, 0.717) is 0 Å². The van der Waals surface area contributed by atoms with Crippen molar-refractivity contribution < 1.29 is 22.8 Å². The van der Waals surface area contributed by atoms with Crippen LogP contribution in [-0.2, 0) is 17.5 Å². The number of alkyl halides is 3. The quantitative estimate of drug-likeness (QED) is 0.765. The highest BCUT2D eigenvalue weighted by atomic mass is 32.1. The molecule has 0 unspecified atom stereocenters. The lowest BCUT2D eigenvalue weighted by Crippen LogP contribution is -3.13. The molecule has 0 spiro atoms. The summed E-state index contributed by atoms with van der Waals surface area (Å²) >= 11 is 5.47. The minimum Gasteiger partial charge on any atom is -0.376 e. The number of benzene rings is 1. The Bertz CT molecular complexity index is 595. The van der Waals surface area contributed by atoms with Crippen LogP contribution in [0, 0.1) is 0 Å². The second-order valence-corrected chi connectivity index (χ2v) is 7.32. The van der Waals surface area contributed by atoms with Crippen LogP contribution in [0.2, 0.25) is 0 Å². The van der Waals surface area contributed by atoms with E-state index in [1.807, 2.05) is 0 Å². The third-order valence-electron chi connectivity index (χ3n) is 5.00. The summed E-state index contributed by atoms with van der Waals surface area (Å²) in [4.78, 5) is 3.53. The molecule has 4 nitrogen and oxygen atoms in total. The van der Waals surface area contributed by atoms with Crippen molar-refractivity contribution in [3.05, 3.63) is 35.4 Å². The third kappa shape index (κ3) is 5.31. The maximum absolute atomic E-state index is 12.6. The van der Waals surface area contributed by atoms with Gasteiger partial charge in [-0.05, 0) is 37.2 Å². The molecule has 2 aliphatic heterocycles. The van der Waals surface area contributed by atoms with Gasteiger partial charge in [0.1, 0.15) is 6.54 Å². The van der Waals surface area contributed by atoms with E-state index < -0.39 is 11.7 Å². The van der Waals surface area contributed by atoms with Crippen molar-refractivity contribution in [2.24, 2.45) is 0 Å². The van der Waals surface area contributed by atoms with Crippen LogP contribution >= 0.6 is 12.2 Å². The standard InChI is InChI=1S/C18H24F3N3OS/c19-18(20,21)15-5-3-14(4-6-15)13-23-7-9-24(10-8-23)17(26)22-12-16-2-1-11-25-16/h3-6,16H,1-2,7-13H2,(H,22,26)/p+1/t16-/m1/s1. The fraction of sp³-hybridized carbons (Fsp3) is 0.611. The Kier molecular flexibility index (Phi) is 6.37. The first-order valence-electron chi connectivity index (χ1n) is 9.06. The average Bonchev–Trinajstić information content (AvgIpc) is 3.13. The highest BCUT2D eigenvalue weighted by molar-refractivity contribution is 7.80. The van der Waals surface area contributed by atoms with Crippen molar-refractivity contribution in [3.63, 3.8) is 0 Å². The number of rotatable bonds is 4. The van der Waals surface area contributed by atoms with Gasteiger partial charge in [0.15, 0.2) is 5.11 Å². The molecule has 1 aromatic carbocycles. The van der Waals surface area contributed by atoms with Crippen LogP contribution in [0.1, 0.15) is 24.0 Å². The van der Waals surface area contributed by atoms with Crippen molar-refractivity contribution in [1.29, 1.82) is 0 Å². The summed E-state index contributed by atoms with van der Waals surface area (Å²) in [6, 6.07) is 5.48. The third-order valence-corrected chi connectivity index (χ3v) is 5.40. The van der Waals surface area contributed by atoms with E-state index in [9.17, 15) is 13.2 Å². The summed E-state index contributed by atoms with van der Waals surface area (Å²) in [5, 5.41) is 4.07. The van der Waals surface area contributed by atoms with Crippen LogP contribution in [0.5, 0.6) is 0 Å². The zero-order chi connectivity index (χ0) is 18.6. The van der Waals surface area contributed by atoms with Crippen molar-refractivity contribution in [3.8, 4) is 0 Å². The van der Waals surface area contributed by atoms with Gasteiger partial charge in [-0.2, -0.15) is 13.2 Å². The van der Waals surface area contributed by atoms with Gasteiger partial charge in [-0.15, -0.1) is 0 Å². The number of hydrogen-bond acceptors (Lipinski definition) is 2. The van der Waals surface area contributed by atoms with E-state index in [-0.39, 0.29) is 6.10 Å². The first kappa shape index (κ1) is 19.4. The average molecular weight is 388 g/mol. The molecule has 1 atom stereocenters. The first-order valence-corrected chi connectivity index (χ1v) is 9.47. The van der Waals surface area contributed by atoms with E-state index in [1.54, 1.807) is 12.1 Å². The lowest BCUT2D eigenvalue weighted by molar-refractivity contribution is -0.917. The van der Waals surface area contributed by atoms with Crippen molar-refractivity contribution in [1.82, 2.24) is 10.2 Å². The van der Waals surface area contributed by atoms with Gasteiger partial charge in [-0.3, -0.25) is 0 Å². The molecule has 2 heterocycles. The molecule has 3 rings (SSSR count). The number of piperazine rings is 1. The molecule has 2 saturated heterocycles. The summed E-state index contributed by atoms with van der Waals surface area (Å²) in [7, 11) is 0. The molecule has 0 amide bonds. The summed E-state index contributed by atoms with van der Waals surface area (Å²) in [5.41, 5.74) is 0.337. The highest BCUT2D eigenvalue weighted by Gasteiger charge is 2.30. The molecule has 8 heteroatoms. The maximum Gasteiger partial charge on any atom is 0.416 e. The van der Waals surface area contributed by atoms with Crippen molar-refractivity contribution >= 4 is 17.3 Å². The minimum absolute atomic E-state index is 0.263. The molecule has 0 aliphatic carbocycles. The summed E-state index contributed by atoms with van der Waals surface area (Å²) < 4.78 is 43.5. The van der Waals surface area contributed by atoms with Crippen molar-refractivity contribution in [2.75, 3.05) is 39.3 Å². The smallest absolute Gasteiger partial charge is 0.376 e. The van der Waals surface area contributed by atoms with Crippen LogP contribution in [0.15, 0.2) is 24.3 Å². The number of halogens is 3. The lowest BCUT2D eigenvalue weighted by atomic mass is 10.1. The van der Waals surface area contributed by atoms with Gasteiger partial charge >= 0.3 is 6.18 Å². The Morgan fingerprint density at radius 1 is 1.23 bits per heavy atom. The van der Waals surface area contributed by atoms with Gasteiger partial charge in [0, 0.05) is 18.7 Å². The van der Waals surface area contributed by atoms with E-state index in [4.69, 9.17) is 17.0 Å². The largest absolute Gasteiger partial charge is 0.416 e. The molecule has 1 aromatic rings. The Labute approximate surface area is 157 Å². The lowest BCUT2D eigenvalue weighted by Gasteiger charge is -2.34. The van der Waals surface area contributed by atoms with E-state index in [1.165, 1.54) is 4.90 Å². The van der Waals surface area contributed by atoms with Gasteiger partial charge in [-0.1, -0.05) is 12.1 Å². The molecule has 144 valence electrons. The fourth-order valence-electron chi connectivity index (χ4n) is 3.42. The Morgan fingerprint density at radius 3 is 2.50 bits per heavy atom. The predicted octanol–water partition coefficient (Wildman–Crippen LogP) is 1.46. The highest BCUT2D eigenvalue weighted by Crippen LogP contribution is 2.28. The number of thiocarbonyl (C=S) groups is 1. The van der Waals surface area contributed by atoms with Gasteiger partial charge in [0.05, 0.1) is 37.8 Å². The van der Waals surface area contributed by atoms with Gasteiger partial charge in [0.2, 0.25) is 0 Å². The monoisotopic (exact) mass is 388 g/mol. The fourth-order valence-corrected chi connectivity index (χ4v) is 3.69. The summed E-state index contributed by atoms with van der Waals surface area (Å²) in [6.07, 6.45) is -1.81. The number of nitrogens with one attached hydrogen (secondary N) is 2. The Hall–Kier alpha value is -1.38. The number of hydrogen-bond donors (Lipinski definition) is 2. The zero-order valence-corrected chi connectivity index (χ0v) is 15.5. The maximum atomic E-state index is 12.6. The molecule has 0 saturated carbocycles. The van der Waals surface area contributed by atoms with Crippen LogP contribution < -0.4 is 10.2 Å². The molecule has 0 radical (unpaired) electrons. The summed E-state index contributed by atoms with van der Waals surface area (Å²) in [6.45, 7) is 5.89. The second-order valence-electron chi connectivity index (χ2n) is 6.93. The topological polar surface area (TPSA) is 28.9 Å². The van der Waals surface area contributed by atoms with Crippen LogP contribution in [0.4, 0.5) is 13.2 Å². The SMILES string of the molecule is FC(F)(F)c1ccc(C[NH+]2CCN(C(=S)NC[C@H]3CCCO3)CC2)cc1.